The molecular weight excluding hydrogens is 440 g/mol. The van der Waals surface area contributed by atoms with Gasteiger partial charge in [-0.05, 0) is 55.9 Å². The topological polar surface area (TPSA) is 74.3 Å². The van der Waals surface area contributed by atoms with Crippen LogP contribution in [0, 0.1) is 0 Å². The highest BCUT2D eigenvalue weighted by Crippen LogP contribution is 2.29. The van der Waals surface area contributed by atoms with Gasteiger partial charge in [-0.2, -0.15) is 0 Å². The predicted octanol–water partition coefficient (Wildman–Crippen LogP) is 4.88. The van der Waals surface area contributed by atoms with Crippen LogP contribution in [-0.2, 0) is 4.79 Å². The number of thiazole rings is 1. The van der Waals surface area contributed by atoms with Gasteiger partial charge >= 0.3 is 0 Å². The Morgan fingerprint density at radius 3 is 2.53 bits per heavy atom. The average molecular weight is 471 g/mol. The molecule has 0 saturated heterocycles. The molecule has 8 heteroatoms. The van der Waals surface area contributed by atoms with Crippen molar-refractivity contribution in [3.63, 3.8) is 0 Å². The molecule has 0 saturated carbocycles. The van der Waals surface area contributed by atoms with Crippen molar-refractivity contribution < 1.29 is 9.59 Å². The van der Waals surface area contributed by atoms with E-state index in [9.17, 15) is 9.59 Å². The molecule has 1 aromatic heterocycles. The third kappa shape index (κ3) is 7.32. The van der Waals surface area contributed by atoms with Crippen LogP contribution in [0.3, 0.4) is 0 Å². The monoisotopic (exact) mass is 470 g/mol. The summed E-state index contributed by atoms with van der Waals surface area (Å²) < 4.78 is 2.23. The summed E-state index contributed by atoms with van der Waals surface area (Å²) in [6.45, 7) is 7.63. The van der Waals surface area contributed by atoms with Crippen molar-refractivity contribution in [2.24, 2.45) is 0 Å². The number of amides is 2. The molecule has 1 heterocycles. The second-order valence-electron chi connectivity index (χ2n) is 7.31. The molecule has 0 fully saturated rings. The SMILES string of the molecule is CCN(CC)CCNC(=O)c1ccc(NC(=O)CCCSc2nc3ccccc3s2)cc1. The van der Waals surface area contributed by atoms with Crippen LogP contribution < -0.4 is 10.6 Å². The largest absolute Gasteiger partial charge is 0.351 e. The van der Waals surface area contributed by atoms with Crippen LogP contribution in [-0.4, -0.2) is 53.6 Å². The first kappa shape index (κ1) is 24.2. The van der Waals surface area contributed by atoms with E-state index in [4.69, 9.17) is 0 Å². The number of aromatic nitrogens is 1. The molecule has 3 rings (SSSR count). The highest BCUT2D eigenvalue weighted by atomic mass is 32.2. The maximum Gasteiger partial charge on any atom is 0.251 e. The van der Waals surface area contributed by atoms with Gasteiger partial charge in [-0.15, -0.1) is 11.3 Å². The number of para-hydroxylation sites is 1. The zero-order valence-corrected chi connectivity index (χ0v) is 20.2. The number of carbonyl (C=O) groups is 2. The van der Waals surface area contributed by atoms with Gasteiger partial charge < -0.3 is 15.5 Å². The number of hydrogen-bond donors (Lipinski definition) is 2. The van der Waals surface area contributed by atoms with Crippen molar-refractivity contribution in [3.8, 4) is 0 Å². The number of hydrogen-bond acceptors (Lipinski definition) is 6. The van der Waals surface area contributed by atoms with Crippen molar-refractivity contribution in [1.29, 1.82) is 0 Å². The molecule has 0 atom stereocenters. The van der Waals surface area contributed by atoms with Gasteiger partial charge in [0, 0.05) is 36.5 Å². The van der Waals surface area contributed by atoms with Crippen LogP contribution in [0.15, 0.2) is 52.9 Å². The van der Waals surface area contributed by atoms with E-state index in [-0.39, 0.29) is 11.8 Å². The fraction of sp³-hybridized carbons (Fsp3) is 0.375. The highest BCUT2D eigenvalue weighted by molar-refractivity contribution is 8.01. The second kappa shape index (κ2) is 12.6. The van der Waals surface area contributed by atoms with E-state index in [1.54, 1.807) is 47.4 Å². The van der Waals surface area contributed by atoms with E-state index in [2.05, 4.69) is 40.4 Å². The summed E-state index contributed by atoms with van der Waals surface area (Å²) >= 11 is 3.38. The Morgan fingerprint density at radius 2 is 1.81 bits per heavy atom. The maximum atomic E-state index is 12.3. The standard InChI is InChI=1S/C24H30N4O2S2/c1-3-28(4-2)16-15-25-23(30)18-11-13-19(14-12-18)26-22(29)10-7-17-31-24-27-20-8-5-6-9-21(20)32-24/h5-6,8-9,11-14H,3-4,7,10,15-17H2,1-2H3,(H,25,30)(H,26,29). The first-order valence-corrected chi connectivity index (χ1v) is 12.8. The van der Waals surface area contributed by atoms with Crippen molar-refractivity contribution in [2.45, 2.75) is 31.0 Å². The van der Waals surface area contributed by atoms with Crippen LogP contribution in [0.2, 0.25) is 0 Å². The summed E-state index contributed by atoms with van der Waals surface area (Å²) in [5.41, 5.74) is 2.32. The lowest BCUT2D eigenvalue weighted by atomic mass is 10.2. The maximum absolute atomic E-state index is 12.3. The molecule has 2 aromatic carbocycles. The Labute approximate surface area is 197 Å². The molecule has 32 heavy (non-hydrogen) atoms. The zero-order chi connectivity index (χ0) is 22.8. The lowest BCUT2D eigenvalue weighted by molar-refractivity contribution is -0.116. The Morgan fingerprint density at radius 1 is 1.06 bits per heavy atom. The summed E-state index contributed by atoms with van der Waals surface area (Å²) in [5.74, 6) is 0.730. The molecule has 0 aliphatic heterocycles. The van der Waals surface area contributed by atoms with Crippen LogP contribution in [0.4, 0.5) is 5.69 Å². The van der Waals surface area contributed by atoms with Gasteiger partial charge in [0.25, 0.3) is 5.91 Å². The van der Waals surface area contributed by atoms with Gasteiger partial charge in [0.15, 0.2) is 4.34 Å². The molecule has 0 unspecified atom stereocenters. The zero-order valence-electron chi connectivity index (χ0n) is 18.6. The van der Waals surface area contributed by atoms with E-state index in [0.29, 0.717) is 24.2 Å². The number of rotatable bonds is 12. The lowest BCUT2D eigenvalue weighted by Crippen LogP contribution is -2.34. The summed E-state index contributed by atoms with van der Waals surface area (Å²) in [6, 6.07) is 15.1. The number of fused-ring (bicyclic) bond motifs is 1. The van der Waals surface area contributed by atoms with E-state index < -0.39 is 0 Å². The van der Waals surface area contributed by atoms with Gasteiger partial charge in [0.2, 0.25) is 5.91 Å². The Hall–Kier alpha value is -2.42. The van der Waals surface area contributed by atoms with E-state index in [0.717, 1.165) is 41.7 Å². The third-order valence-electron chi connectivity index (χ3n) is 5.09. The number of likely N-dealkylation sites (N-methyl/N-ethyl adjacent to an activating group) is 1. The summed E-state index contributed by atoms with van der Waals surface area (Å²) in [5, 5.41) is 5.84. The summed E-state index contributed by atoms with van der Waals surface area (Å²) in [6.07, 6.45) is 1.23. The van der Waals surface area contributed by atoms with Gasteiger partial charge in [0.05, 0.1) is 10.2 Å². The molecule has 0 bridgehead atoms. The minimum absolute atomic E-state index is 0.0219. The van der Waals surface area contributed by atoms with Crippen LogP contribution in [0.5, 0.6) is 0 Å². The van der Waals surface area contributed by atoms with Crippen molar-refractivity contribution in [2.75, 3.05) is 37.2 Å². The Kier molecular flexibility index (Phi) is 9.52. The third-order valence-corrected chi connectivity index (χ3v) is 7.35. The van der Waals surface area contributed by atoms with E-state index >= 15 is 0 Å². The summed E-state index contributed by atoms with van der Waals surface area (Å²) in [4.78, 5) is 31.4. The Balaban J connectivity index is 1.36. The highest BCUT2D eigenvalue weighted by Gasteiger charge is 2.08. The molecule has 2 N–H and O–H groups in total. The van der Waals surface area contributed by atoms with E-state index in [1.807, 2.05) is 18.2 Å². The molecule has 0 aliphatic carbocycles. The van der Waals surface area contributed by atoms with Gasteiger partial charge in [-0.1, -0.05) is 37.7 Å². The molecule has 2 amide bonds. The fourth-order valence-electron chi connectivity index (χ4n) is 3.20. The number of nitrogens with one attached hydrogen (secondary N) is 2. The minimum Gasteiger partial charge on any atom is -0.351 e. The molecule has 170 valence electrons. The van der Waals surface area contributed by atoms with Crippen molar-refractivity contribution in [1.82, 2.24) is 15.2 Å². The van der Waals surface area contributed by atoms with Gasteiger partial charge in [-0.3, -0.25) is 9.59 Å². The second-order valence-corrected chi connectivity index (χ2v) is 9.68. The lowest BCUT2D eigenvalue weighted by Gasteiger charge is -2.18. The Bertz CT molecular complexity index is 983. The normalized spacial score (nSPS) is 11.1. The quantitative estimate of drug-likeness (QED) is 0.292. The smallest absolute Gasteiger partial charge is 0.251 e. The number of anilines is 1. The first-order valence-electron chi connectivity index (χ1n) is 11.0. The molecular formula is C24H30N4O2S2. The molecule has 0 spiro atoms. The number of nitrogens with zero attached hydrogens (tertiary/aromatic N) is 2. The van der Waals surface area contributed by atoms with Gasteiger partial charge in [-0.25, -0.2) is 4.98 Å². The number of carbonyl (C=O) groups excluding carboxylic acids is 2. The fourth-order valence-corrected chi connectivity index (χ4v) is 5.28. The molecule has 6 nitrogen and oxygen atoms in total. The van der Waals surface area contributed by atoms with Gasteiger partial charge in [0.1, 0.15) is 0 Å². The van der Waals surface area contributed by atoms with Crippen molar-refractivity contribution >= 4 is 50.8 Å². The number of thioether (sulfide) groups is 1. The van der Waals surface area contributed by atoms with Crippen molar-refractivity contribution in [3.05, 3.63) is 54.1 Å². The molecule has 3 aromatic rings. The predicted molar refractivity (Wildman–Crippen MR) is 135 cm³/mol. The van der Waals surface area contributed by atoms with Crippen LogP contribution in [0.1, 0.15) is 37.0 Å². The molecule has 0 aliphatic rings. The minimum atomic E-state index is -0.0955. The van der Waals surface area contributed by atoms with E-state index in [1.165, 1.54) is 4.70 Å². The summed E-state index contributed by atoms with van der Waals surface area (Å²) in [7, 11) is 0. The van der Waals surface area contributed by atoms with Crippen LogP contribution in [0.25, 0.3) is 10.2 Å². The number of benzene rings is 2. The average Bonchev–Trinajstić information content (AvgIpc) is 3.23. The first-order chi connectivity index (χ1) is 15.6. The van der Waals surface area contributed by atoms with Crippen LogP contribution >= 0.6 is 23.1 Å². The molecule has 0 radical (unpaired) electrons.